The molecule has 2 rings (SSSR count). The molecule has 1 aromatic rings. The number of hydrogen-bond acceptors (Lipinski definition) is 5. The lowest BCUT2D eigenvalue weighted by Gasteiger charge is -2.30. The fourth-order valence-corrected chi connectivity index (χ4v) is 4.20. The van der Waals surface area contributed by atoms with Gasteiger partial charge in [-0.3, -0.25) is 0 Å². The Labute approximate surface area is 149 Å². The molecule has 0 saturated carbocycles. The smallest absolute Gasteiger partial charge is 0.409 e. The van der Waals surface area contributed by atoms with Crippen molar-refractivity contribution in [3.8, 4) is 5.75 Å². The molecular formula is C17H26N2O5S. The monoisotopic (exact) mass is 370 g/mol. The van der Waals surface area contributed by atoms with Crippen LogP contribution in [0.3, 0.4) is 0 Å². The Kier molecular flexibility index (Phi) is 6.66. The molecular weight excluding hydrogens is 344 g/mol. The van der Waals surface area contributed by atoms with E-state index in [1.54, 1.807) is 17.0 Å². The summed E-state index contributed by atoms with van der Waals surface area (Å²) in [7, 11) is -2.29. The molecule has 0 aliphatic carbocycles. The van der Waals surface area contributed by atoms with E-state index >= 15 is 0 Å². The fourth-order valence-electron chi connectivity index (χ4n) is 2.85. The molecule has 0 spiro atoms. The van der Waals surface area contributed by atoms with Gasteiger partial charge in [0.1, 0.15) is 10.6 Å². The van der Waals surface area contributed by atoms with Gasteiger partial charge in [0, 0.05) is 19.6 Å². The Hall–Kier alpha value is -1.80. The number of nitrogens with zero attached hydrogens (tertiary/aromatic N) is 1. The van der Waals surface area contributed by atoms with Crippen molar-refractivity contribution in [2.45, 2.75) is 31.6 Å². The number of piperidine rings is 1. The first kappa shape index (κ1) is 19.5. The molecule has 1 aliphatic heterocycles. The van der Waals surface area contributed by atoms with Gasteiger partial charge in [-0.15, -0.1) is 0 Å². The molecule has 8 heteroatoms. The van der Waals surface area contributed by atoms with Gasteiger partial charge in [0.15, 0.2) is 0 Å². The molecule has 7 nitrogen and oxygen atoms in total. The molecule has 0 unspecified atom stereocenters. The van der Waals surface area contributed by atoms with E-state index in [9.17, 15) is 13.2 Å². The van der Waals surface area contributed by atoms with Crippen LogP contribution in [0.15, 0.2) is 23.1 Å². The van der Waals surface area contributed by atoms with Crippen molar-refractivity contribution >= 4 is 16.1 Å². The lowest BCUT2D eigenvalue weighted by atomic mass is 9.97. The van der Waals surface area contributed by atoms with Gasteiger partial charge in [-0.25, -0.2) is 17.9 Å². The second-order valence-electron chi connectivity index (χ2n) is 6.14. The van der Waals surface area contributed by atoms with Crippen molar-refractivity contribution < 1.29 is 22.7 Å². The van der Waals surface area contributed by atoms with Gasteiger partial charge in [0.05, 0.1) is 13.7 Å². The standard InChI is InChI=1S/C17H26N2O5S/c1-4-24-15-6-5-13(2)11-16(15)25(21,22)18-12-14-7-9-19(10-8-14)17(20)23-3/h5-6,11,14,18H,4,7-10,12H2,1-3H3. The summed E-state index contributed by atoms with van der Waals surface area (Å²) >= 11 is 0. The zero-order valence-corrected chi connectivity index (χ0v) is 15.8. The van der Waals surface area contributed by atoms with Crippen molar-refractivity contribution in [1.82, 2.24) is 9.62 Å². The molecule has 1 fully saturated rings. The summed E-state index contributed by atoms with van der Waals surface area (Å²) in [6, 6.07) is 5.13. The van der Waals surface area contributed by atoms with E-state index in [1.165, 1.54) is 7.11 Å². The summed E-state index contributed by atoms with van der Waals surface area (Å²) < 4.78 is 38.2. The van der Waals surface area contributed by atoms with Crippen LogP contribution in [0.1, 0.15) is 25.3 Å². The highest BCUT2D eigenvalue weighted by molar-refractivity contribution is 7.89. The first-order valence-corrected chi connectivity index (χ1v) is 9.91. The fraction of sp³-hybridized carbons (Fsp3) is 0.588. The number of rotatable bonds is 6. The molecule has 0 aromatic heterocycles. The number of likely N-dealkylation sites (tertiary alicyclic amines) is 1. The van der Waals surface area contributed by atoms with Gasteiger partial charge < -0.3 is 14.4 Å². The van der Waals surface area contributed by atoms with Crippen LogP contribution in [-0.2, 0) is 14.8 Å². The predicted octanol–water partition coefficient (Wildman–Crippen LogP) is 2.15. The number of hydrogen-bond donors (Lipinski definition) is 1. The van der Waals surface area contributed by atoms with Crippen LogP contribution < -0.4 is 9.46 Å². The molecule has 1 N–H and O–H groups in total. The molecule has 1 aliphatic rings. The molecule has 0 atom stereocenters. The third-order valence-corrected chi connectivity index (χ3v) is 5.74. The van der Waals surface area contributed by atoms with E-state index in [0.717, 1.165) is 18.4 Å². The molecule has 1 heterocycles. The lowest BCUT2D eigenvalue weighted by molar-refractivity contribution is 0.106. The molecule has 1 amide bonds. The second-order valence-corrected chi connectivity index (χ2v) is 7.87. The third-order valence-electron chi connectivity index (χ3n) is 4.30. The highest BCUT2D eigenvalue weighted by Gasteiger charge is 2.26. The minimum Gasteiger partial charge on any atom is -0.492 e. The average molecular weight is 370 g/mol. The van der Waals surface area contributed by atoms with Crippen LogP contribution in [0.2, 0.25) is 0 Å². The van der Waals surface area contributed by atoms with Gasteiger partial charge in [-0.1, -0.05) is 6.07 Å². The maximum absolute atomic E-state index is 12.7. The van der Waals surface area contributed by atoms with Crippen LogP contribution in [0.25, 0.3) is 0 Å². The van der Waals surface area contributed by atoms with Crippen molar-refractivity contribution in [2.75, 3.05) is 33.4 Å². The van der Waals surface area contributed by atoms with Gasteiger partial charge in [0.25, 0.3) is 0 Å². The predicted molar refractivity (Wildman–Crippen MR) is 94.2 cm³/mol. The Balaban J connectivity index is 1.99. The molecule has 1 aromatic carbocycles. The molecule has 1 saturated heterocycles. The Morgan fingerprint density at radius 2 is 2.00 bits per heavy atom. The van der Waals surface area contributed by atoms with Crippen molar-refractivity contribution in [3.05, 3.63) is 23.8 Å². The summed E-state index contributed by atoms with van der Waals surface area (Å²) in [6.45, 7) is 5.56. The SMILES string of the molecule is CCOc1ccc(C)cc1S(=O)(=O)NCC1CCN(C(=O)OC)CC1. The molecule has 140 valence electrons. The number of methoxy groups -OCH3 is 1. The topological polar surface area (TPSA) is 84.9 Å². The zero-order chi connectivity index (χ0) is 18.4. The minimum absolute atomic E-state index is 0.168. The van der Waals surface area contributed by atoms with Gasteiger partial charge in [0.2, 0.25) is 10.0 Å². The van der Waals surface area contributed by atoms with E-state index in [1.807, 2.05) is 19.9 Å². The maximum atomic E-state index is 12.7. The van der Waals surface area contributed by atoms with E-state index in [-0.39, 0.29) is 16.9 Å². The molecule has 0 bridgehead atoms. The van der Waals surface area contributed by atoms with Crippen LogP contribution in [-0.4, -0.2) is 52.8 Å². The van der Waals surface area contributed by atoms with E-state index in [2.05, 4.69) is 4.72 Å². The molecule has 0 radical (unpaired) electrons. The maximum Gasteiger partial charge on any atom is 0.409 e. The summed E-state index contributed by atoms with van der Waals surface area (Å²) in [5, 5.41) is 0. The van der Waals surface area contributed by atoms with E-state index in [4.69, 9.17) is 9.47 Å². The highest BCUT2D eigenvalue weighted by Crippen LogP contribution is 2.25. The number of sulfonamides is 1. The van der Waals surface area contributed by atoms with Crippen LogP contribution in [0.4, 0.5) is 4.79 Å². The van der Waals surface area contributed by atoms with Crippen LogP contribution >= 0.6 is 0 Å². The zero-order valence-electron chi connectivity index (χ0n) is 14.9. The van der Waals surface area contributed by atoms with Gasteiger partial charge in [-0.05, 0) is 50.3 Å². The van der Waals surface area contributed by atoms with Crippen molar-refractivity contribution in [1.29, 1.82) is 0 Å². The normalized spacial score (nSPS) is 15.9. The van der Waals surface area contributed by atoms with Crippen LogP contribution in [0, 0.1) is 12.8 Å². The lowest BCUT2D eigenvalue weighted by Crippen LogP contribution is -2.41. The summed E-state index contributed by atoms with van der Waals surface area (Å²) in [5.41, 5.74) is 0.857. The Morgan fingerprint density at radius 1 is 1.32 bits per heavy atom. The number of amides is 1. The van der Waals surface area contributed by atoms with E-state index < -0.39 is 10.0 Å². The largest absolute Gasteiger partial charge is 0.492 e. The minimum atomic E-state index is -3.65. The third kappa shape index (κ3) is 5.09. The average Bonchev–Trinajstić information content (AvgIpc) is 2.61. The van der Waals surface area contributed by atoms with E-state index in [0.29, 0.717) is 32.0 Å². The van der Waals surface area contributed by atoms with Gasteiger partial charge in [-0.2, -0.15) is 0 Å². The molecule has 25 heavy (non-hydrogen) atoms. The number of ether oxygens (including phenoxy) is 2. The second kappa shape index (κ2) is 8.53. The highest BCUT2D eigenvalue weighted by atomic mass is 32.2. The summed E-state index contributed by atoms with van der Waals surface area (Å²) in [5.74, 6) is 0.553. The Morgan fingerprint density at radius 3 is 2.60 bits per heavy atom. The number of nitrogens with one attached hydrogen (secondary N) is 1. The van der Waals surface area contributed by atoms with Crippen molar-refractivity contribution in [3.63, 3.8) is 0 Å². The quantitative estimate of drug-likeness (QED) is 0.829. The van der Waals surface area contributed by atoms with Gasteiger partial charge >= 0.3 is 6.09 Å². The number of carbonyl (C=O) groups is 1. The number of carbonyl (C=O) groups excluding carboxylic acids is 1. The number of benzene rings is 1. The summed E-state index contributed by atoms with van der Waals surface area (Å²) in [4.78, 5) is 13.3. The van der Waals surface area contributed by atoms with Crippen molar-refractivity contribution in [2.24, 2.45) is 5.92 Å². The Bertz CT molecular complexity index is 697. The first-order valence-electron chi connectivity index (χ1n) is 8.43. The summed E-state index contributed by atoms with van der Waals surface area (Å²) in [6.07, 6.45) is 1.15. The first-order chi connectivity index (χ1) is 11.9. The van der Waals surface area contributed by atoms with Crippen LogP contribution in [0.5, 0.6) is 5.75 Å². The number of aryl methyl sites for hydroxylation is 1.